The third-order valence-corrected chi connectivity index (χ3v) is 5.07. The summed E-state index contributed by atoms with van der Waals surface area (Å²) in [5.74, 6) is 1.79. The van der Waals surface area contributed by atoms with E-state index in [0.29, 0.717) is 36.5 Å². The molecule has 0 amide bonds. The van der Waals surface area contributed by atoms with Crippen molar-refractivity contribution in [3.63, 3.8) is 0 Å². The zero-order valence-corrected chi connectivity index (χ0v) is 16.2. The van der Waals surface area contributed by atoms with Crippen LogP contribution >= 0.6 is 0 Å². The molecule has 29 heavy (non-hydrogen) atoms. The Labute approximate surface area is 168 Å². The number of likely N-dealkylation sites (tertiary alicyclic amines) is 1. The number of non-ortho nitro benzene ring substituents is 1. The molecule has 8 nitrogen and oxygen atoms in total. The van der Waals surface area contributed by atoms with Crippen molar-refractivity contribution in [2.24, 2.45) is 0 Å². The third kappa shape index (κ3) is 4.27. The predicted molar refractivity (Wildman–Crippen MR) is 106 cm³/mol. The molecule has 0 N–H and O–H groups in total. The number of ether oxygens (including phenoxy) is 1. The molecule has 1 aliphatic heterocycles. The molecule has 3 aromatic rings. The minimum absolute atomic E-state index is 0.0313. The minimum atomic E-state index is -0.433. The van der Waals surface area contributed by atoms with Gasteiger partial charge >= 0.3 is 0 Å². The van der Waals surface area contributed by atoms with E-state index in [-0.39, 0.29) is 5.69 Å². The van der Waals surface area contributed by atoms with Crippen molar-refractivity contribution in [2.75, 3.05) is 13.2 Å². The van der Waals surface area contributed by atoms with Crippen molar-refractivity contribution in [3.8, 4) is 17.2 Å². The van der Waals surface area contributed by atoms with E-state index in [4.69, 9.17) is 9.15 Å². The summed E-state index contributed by atoms with van der Waals surface area (Å²) >= 11 is 0. The van der Waals surface area contributed by atoms with Crippen molar-refractivity contribution in [1.29, 1.82) is 0 Å². The molecule has 2 aromatic carbocycles. The molecule has 1 unspecified atom stereocenters. The van der Waals surface area contributed by atoms with Crippen molar-refractivity contribution in [2.45, 2.75) is 32.4 Å². The summed E-state index contributed by atoms with van der Waals surface area (Å²) in [6.07, 6.45) is 2.19. The van der Waals surface area contributed by atoms with E-state index in [1.54, 1.807) is 12.1 Å². The molecule has 1 atom stereocenters. The van der Waals surface area contributed by atoms with Gasteiger partial charge in [0.05, 0.1) is 18.1 Å². The SMILES string of the molecule is CCOc1ccc(C2CCCN2Cc2nnc(-c3ccc([N+](=O)[O-])cc3)o2)cc1. The lowest BCUT2D eigenvalue weighted by atomic mass is 10.0. The largest absolute Gasteiger partial charge is 0.494 e. The number of rotatable bonds is 7. The number of nitrogens with zero attached hydrogens (tertiary/aromatic N) is 4. The fourth-order valence-corrected chi connectivity index (χ4v) is 3.68. The first-order chi connectivity index (χ1) is 14.1. The van der Waals surface area contributed by atoms with Crippen molar-refractivity contribution < 1.29 is 14.1 Å². The quantitative estimate of drug-likeness (QED) is 0.433. The zero-order valence-electron chi connectivity index (χ0n) is 16.2. The molecule has 1 saturated heterocycles. The molecule has 0 saturated carbocycles. The van der Waals surface area contributed by atoms with E-state index in [0.717, 1.165) is 25.1 Å². The molecular formula is C21H22N4O4. The van der Waals surface area contributed by atoms with Gasteiger partial charge in [0, 0.05) is 23.7 Å². The monoisotopic (exact) mass is 394 g/mol. The van der Waals surface area contributed by atoms with Gasteiger partial charge in [-0.25, -0.2) is 0 Å². The van der Waals surface area contributed by atoms with Gasteiger partial charge in [0.1, 0.15) is 5.75 Å². The van der Waals surface area contributed by atoms with Crippen LogP contribution in [0.15, 0.2) is 52.9 Å². The molecule has 2 heterocycles. The van der Waals surface area contributed by atoms with E-state index in [9.17, 15) is 10.1 Å². The molecule has 8 heteroatoms. The Kier molecular flexibility index (Phi) is 5.53. The van der Waals surface area contributed by atoms with Crippen LogP contribution in [0.4, 0.5) is 5.69 Å². The highest BCUT2D eigenvalue weighted by Crippen LogP contribution is 2.34. The molecule has 4 rings (SSSR count). The van der Waals surface area contributed by atoms with Crippen LogP contribution in [-0.2, 0) is 6.54 Å². The number of nitro benzene ring substituents is 1. The Hall–Kier alpha value is -3.26. The van der Waals surface area contributed by atoms with Gasteiger partial charge in [0.2, 0.25) is 11.8 Å². The number of aromatic nitrogens is 2. The minimum Gasteiger partial charge on any atom is -0.494 e. The second-order valence-electron chi connectivity index (χ2n) is 6.94. The van der Waals surface area contributed by atoms with Crippen LogP contribution in [0.5, 0.6) is 5.75 Å². The summed E-state index contributed by atoms with van der Waals surface area (Å²) in [4.78, 5) is 12.7. The lowest BCUT2D eigenvalue weighted by Gasteiger charge is -2.23. The van der Waals surface area contributed by atoms with E-state index < -0.39 is 4.92 Å². The average Bonchev–Trinajstić information content (AvgIpc) is 3.39. The van der Waals surface area contributed by atoms with Crippen LogP contribution < -0.4 is 4.74 Å². The summed E-state index contributed by atoms with van der Waals surface area (Å²) in [7, 11) is 0. The molecule has 0 radical (unpaired) electrons. The molecule has 0 aliphatic carbocycles. The Morgan fingerprint density at radius 1 is 1.17 bits per heavy atom. The number of benzene rings is 2. The molecular weight excluding hydrogens is 372 g/mol. The van der Waals surface area contributed by atoms with Gasteiger partial charge in [-0.15, -0.1) is 10.2 Å². The van der Waals surface area contributed by atoms with Gasteiger partial charge in [-0.3, -0.25) is 15.0 Å². The summed E-state index contributed by atoms with van der Waals surface area (Å²) < 4.78 is 11.3. The van der Waals surface area contributed by atoms with Gasteiger partial charge < -0.3 is 9.15 Å². The predicted octanol–water partition coefficient (Wildman–Crippen LogP) is 4.38. The number of hydrogen-bond donors (Lipinski definition) is 0. The topological polar surface area (TPSA) is 94.5 Å². The Bertz CT molecular complexity index is 969. The molecule has 150 valence electrons. The van der Waals surface area contributed by atoms with Crippen LogP contribution in [0, 0.1) is 10.1 Å². The van der Waals surface area contributed by atoms with Crippen LogP contribution in [0.3, 0.4) is 0 Å². The Morgan fingerprint density at radius 2 is 1.93 bits per heavy atom. The lowest BCUT2D eigenvalue weighted by molar-refractivity contribution is -0.384. The van der Waals surface area contributed by atoms with Crippen molar-refractivity contribution >= 4 is 5.69 Å². The maximum absolute atomic E-state index is 10.8. The van der Waals surface area contributed by atoms with Gasteiger partial charge in [0.15, 0.2) is 0 Å². The second kappa shape index (κ2) is 8.40. The van der Waals surface area contributed by atoms with Crippen LogP contribution in [0.2, 0.25) is 0 Å². The maximum Gasteiger partial charge on any atom is 0.269 e. The van der Waals surface area contributed by atoms with Crippen molar-refractivity contribution in [3.05, 3.63) is 70.1 Å². The Morgan fingerprint density at radius 3 is 2.62 bits per heavy atom. The smallest absolute Gasteiger partial charge is 0.269 e. The average molecular weight is 394 g/mol. The van der Waals surface area contributed by atoms with E-state index in [1.807, 2.05) is 19.1 Å². The summed E-state index contributed by atoms with van der Waals surface area (Å²) in [5, 5.41) is 19.1. The third-order valence-electron chi connectivity index (χ3n) is 5.07. The highest BCUT2D eigenvalue weighted by molar-refractivity contribution is 5.55. The van der Waals surface area contributed by atoms with Crippen LogP contribution in [0.25, 0.3) is 11.5 Å². The number of nitro groups is 1. The van der Waals surface area contributed by atoms with Gasteiger partial charge in [0.25, 0.3) is 5.69 Å². The van der Waals surface area contributed by atoms with Gasteiger partial charge in [-0.05, 0) is 56.1 Å². The fraction of sp³-hybridized carbons (Fsp3) is 0.333. The molecule has 0 spiro atoms. The molecule has 1 aliphatic rings. The normalized spacial score (nSPS) is 16.8. The van der Waals surface area contributed by atoms with Gasteiger partial charge in [-0.2, -0.15) is 0 Å². The molecule has 0 bridgehead atoms. The highest BCUT2D eigenvalue weighted by Gasteiger charge is 2.27. The van der Waals surface area contributed by atoms with E-state index in [1.165, 1.54) is 17.7 Å². The van der Waals surface area contributed by atoms with E-state index >= 15 is 0 Å². The zero-order chi connectivity index (χ0) is 20.2. The second-order valence-corrected chi connectivity index (χ2v) is 6.94. The highest BCUT2D eigenvalue weighted by atomic mass is 16.6. The number of hydrogen-bond acceptors (Lipinski definition) is 7. The summed E-state index contributed by atoms with van der Waals surface area (Å²) in [6, 6.07) is 14.7. The molecule has 1 aromatic heterocycles. The first kappa shape index (κ1) is 19.1. The standard InChI is InChI=1S/C21H22N4O4/c1-2-28-18-11-7-15(8-12-18)19-4-3-13-24(19)14-20-22-23-21(29-20)16-5-9-17(10-6-16)25(26)27/h5-12,19H,2-4,13-14H2,1H3. The first-order valence-electron chi connectivity index (χ1n) is 9.68. The fourth-order valence-electron chi connectivity index (χ4n) is 3.68. The lowest BCUT2D eigenvalue weighted by Crippen LogP contribution is -2.22. The first-order valence-corrected chi connectivity index (χ1v) is 9.68. The molecule has 1 fully saturated rings. The van der Waals surface area contributed by atoms with Crippen molar-refractivity contribution in [1.82, 2.24) is 15.1 Å². The van der Waals surface area contributed by atoms with Crippen LogP contribution in [0.1, 0.15) is 37.3 Å². The maximum atomic E-state index is 10.8. The van der Waals surface area contributed by atoms with Crippen LogP contribution in [-0.4, -0.2) is 33.2 Å². The summed E-state index contributed by atoms with van der Waals surface area (Å²) in [6.45, 7) is 4.16. The Balaban J connectivity index is 1.45. The van der Waals surface area contributed by atoms with E-state index in [2.05, 4.69) is 27.2 Å². The summed E-state index contributed by atoms with van der Waals surface area (Å²) in [5.41, 5.74) is 1.95. The van der Waals surface area contributed by atoms with Gasteiger partial charge in [-0.1, -0.05) is 12.1 Å².